The van der Waals surface area contributed by atoms with E-state index in [1.54, 1.807) is 11.8 Å². The van der Waals surface area contributed by atoms with Crippen molar-refractivity contribution in [2.75, 3.05) is 0 Å². The molecule has 2 nitrogen and oxygen atoms in total. The molecule has 86 valence electrons. The van der Waals surface area contributed by atoms with Crippen LogP contribution in [0.3, 0.4) is 0 Å². The molecule has 0 aromatic rings. The second-order valence-corrected chi connectivity index (χ2v) is 4.52. The number of likely N-dealkylation sites (tertiary alicyclic amines) is 1. The van der Waals surface area contributed by atoms with Crippen LogP contribution in [-0.2, 0) is 4.79 Å². The fourth-order valence-corrected chi connectivity index (χ4v) is 2.12. The smallest absolute Gasteiger partial charge is 0.258 e. The number of carbonyl (C=O) groups excluding carboxylic acids is 1. The summed E-state index contributed by atoms with van der Waals surface area (Å²) in [4.78, 5) is 13.6. The highest BCUT2D eigenvalue weighted by Crippen LogP contribution is 2.26. The molecule has 3 heteroatoms. The zero-order valence-electron chi connectivity index (χ0n) is 9.74. The van der Waals surface area contributed by atoms with Gasteiger partial charge in [0.2, 0.25) is 0 Å². The minimum absolute atomic E-state index is 0.169. The maximum absolute atomic E-state index is 13.7. The highest BCUT2D eigenvalue weighted by molar-refractivity contribution is 5.82. The molecule has 0 saturated carbocycles. The van der Waals surface area contributed by atoms with E-state index in [1.165, 1.54) is 6.08 Å². The summed E-state index contributed by atoms with van der Waals surface area (Å²) < 4.78 is 13.7. The fourth-order valence-electron chi connectivity index (χ4n) is 2.12. The molecule has 4 atom stereocenters. The minimum Gasteiger partial charge on any atom is -0.335 e. The molecule has 0 aromatic carbocycles. The Bertz CT molecular complexity index is 244. The molecule has 0 bridgehead atoms. The van der Waals surface area contributed by atoms with Crippen LogP contribution in [0.2, 0.25) is 0 Å². The van der Waals surface area contributed by atoms with Crippen LogP contribution < -0.4 is 0 Å². The van der Waals surface area contributed by atoms with Gasteiger partial charge in [-0.05, 0) is 26.7 Å². The van der Waals surface area contributed by atoms with Crippen molar-refractivity contribution in [3.8, 4) is 0 Å². The predicted octanol–water partition coefficient (Wildman–Crippen LogP) is 2.55. The molecule has 15 heavy (non-hydrogen) atoms. The predicted molar refractivity (Wildman–Crippen MR) is 59.3 cm³/mol. The third-order valence-electron chi connectivity index (χ3n) is 3.28. The number of carbonyl (C=O) groups is 1. The third-order valence-corrected chi connectivity index (χ3v) is 3.28. The van der Waals surface area contributed by atoms with Crippen molar-refractivity contribution in [1.29, 1.82) is 0 Å². The van der Waals surface area contributed by atoms with Gasteiger partial charge in [0.05, 0.1) is 0 Å². The Balaban J connectivity index is 2.70. The van der Waals surface area contributed by atoms with Crippen LogP contribution in [0.15, 0.2) is 12.7 Å². The molecular formula is C12H20FNO. The zero-order valence-corrected chi connectivity index (χ0v) is 9.74. The van der Waals surface area contributed by atoms with Gasteiger partial charge in [0, 0.05) is 18.0 Å². The Kier molecular flexibility index (Phi) is 3.89. The summed E-state index contributed by atoms with van der Waals surface area (Å²) in [7, 11) is 0. The Hall–Kier alpha value is -0.860. The summed E-state index contributed by atoms with van der Waals surface area (Å²) in [5.74, 6) is -0.780. The summed E-state index contributed by atoms with van der Waals surface area (Å²) in [5.41, 5.74) is 0. The number of alkyl halides is 1. The second-order valence-electron chi connectivity index (χ2n) is 4.52. The quantitative estimate of drug-likeness (QED) is 0.660. The van der Waals surface area contributed by atoms with E-state index in [-0.39, 0.29) is 18.0 Å². The summed E-state index contributed by atoms with van der Waals surface area (Å²) in [6, 6.07) is 0.338. The summed E-state index contributed by atoms with van der Waals surface area (Å²) >= 11 is 0. The topological polar surface area (TPSA) is 20.3 Å². The van der Waals surface area contributed by atoms with E-state index in [4.69, 9.17) is 0 Å². The number of halogens is 1. The molecule has 1 rings (SSSR count). The first kappa shape index (κ1) is 12.2. The minimum atomic E-state index is -1.44. The van der Waals surface area contributed by atoms with E-state index < -0.39 is 12.1 Å². The Morgan fingerprint density at radius 1 is 1.47 bits per heavy atom. The summed E-state index contributed by atoms with van der Waals surface area (Å²) in [6.07, 6.45) is 2.00. The Labute approximate surface area is 91.1 Å². The van der Waals surface area contributed by atoms with Crippen LogP contribution in [0.5, 0.6) is 0 Å². The van der Waals surface area contributed by atoms with Gasteiger partial charge in [0.1, 0.15) is 0 Å². The second kappa shape index (κ2) is 4.77. The van der Waals surface area contributed by atoms with E-state index in [9.17, 15) is 9.18 Å². The lowest BCUT2D eigenvalue weighted by molar-refractivity contribution is -0.140. The van der Waals surface area contributed by atoms with E-state index in [0.29, 0.717) is 0 Å². The third kappa shape index (κ3) is 2.39. The lowest BCUT2D eigenvalue weighted by atomic mass is 10.0. The fraction of sp³-hybridized carbons (Fsp3) is 0.750. The zero-order chi connectivity index (χ0) is 11.6. The molecule has 1 aliphatic rings. The lowest BCUT2D eigenvalue weighted by Crippen LogP contribution is -2.44. The largest absolute Gasteiger partial charge is 0.335 e. The first-order valence-corrected chi connectivity index (χ1v) is 5.57. The summed E-state index contributed by atoms with van der Waals surface area (Å²) in [5, 5.41) is 0. The van der Waals surface area contributed by atoms with E-state index in [1.807, 2.05) is 13.8 Å². The SMILES string of the molecule is C=C[C@H](C)[C@H](F)C(=O)N1[C@H](C)CC[C@H]1C. The normalized spacial score (nSPS) is 30.0. The van der Waals surface area contributed by atoms with Gasteiger partial charge < -0.3 is 4.90 Å². The molecule has 1 heterocycles. The van der Waals surface area contributed by atoms with Crippen molar-refractivity contribution in [1.82, 2.24) is 4.90 Å². The van der Waals surface area contributed by atoms with Crippen LogP contribution in [-0.4, -0.2) is 29.1 Å². The lowest BCUT2D eigenvalue weighted by Gasteiger charge is -2.29. The monoisotopic (exact) mass is 213 g/mol. The molecule has 0 N–H and O–H groups in total. The standard InChI is InChI=1S/C12H20FNO/c1-5-8(2)11(13)12(15)14-9(3)6-7-10(14)4/h5,8-11H,1,6-7H2,2-4H3/t8-,9+,10+,11-/m0/s1. The Morgan fingerprint density at radius 2 is 1.93 bits per heavy atom. The number of nitrogens with zero attached hydrogens (tertiary/aromatic N) is 1. The highest BCUT2D eigenvalue weighted by atomic mass is 19.1. The van der Waals surface area contributed by atoms with Gasteiger partial charge >= 0.3 is 0 Å². The Morgan fingerprint density at radius 3 is 2.33 bits per heavy atom. The number of allylic oxidation sites excluding steroid dienone is 1. The van der Waals surface area contributed by atoms with Crippen LogP contribution in [0.4, 0.5) is 4.39 Å². The average Bonchev–Trinajstić information content (AvgIpc) is 2.55. The summed E-state index contributed by atoms with van der Waals surface area (Å²) in [6.45, 7) is 9.16. The molecule has 1 saturated heterocycles. The van der Waals surface area contributed by atoms with Crippen molar-refractivity contribution < 1.29 is 9.18 Å². The number of amides is 1. The average molecular weight is 213 g/mol. The van der Waals surface area contributed by atoms with Gasteiger partial charge in [-0.25, -0.2) is 4.39 Å². The number of hydrogen-bond donors (Lipinski definition) is 0. The molecule has 0 spiro atoms. The molecule has 0 unspecified atom stereocenters. The number of rotatable bonds is 3. The molecular weight excluding hydrogens is 193 g/mol. The van der Waals surface area contributed by atoms with Crippen LogP contribution in [0.25, 0.3) is 0 Å². The van der Waals surface area contributed by atoms with Gasteiger partial charge in [-0.2, -0.15) is 0 Å². The van der Waals surface area contributed by atoms with Crippen molar-refractivity contribution in [2.45, 2.75) is 51.9 Å². The molecule has 0 radical (unpaired) electrons. The maximum atomic E-state index is 13.7. The van der Waals surface area contributed by atoms with E-state index >= 15 is 0 Å². The first-order chi connectivity index (χ1) is 6.99. The molecule has 1 fully saturated rings. The van der Waals surface area contributed by atoms with E-state index in [0.717, 1.165) is 12.8 Å². The molecule has 0 aliphatic carbocycles. The van der Waals surface area contributed by atoms with Crippen LogP contribution in [0.1, 0.15) is 33.6 Å². The van der Waals surface area contributed by atoms with E-state index in [2.05, 4.69) is 6.58 Å². The van der Waals surface area contributed by atoms with Crippen molar-refractivity contribution in [3.63, 3.8) is 0 Å². The van der Waals surface area contributed by atoms with Gasteiger partial charge in [0.15, 0.2) is 6.17 Å². The van der Waals surface area contributed by atoms with Gasteiger partial charge in [-0.3, -0.25) is 4.79 Å². The van der Waals surface area contributed by atoms with Gasteiger partial charge in [-0.1, -0.05) is 13.0 Å². The highest BCUT2D eigenvalue weighted by Gasteiger charge is 2.36. The molecule has 1 aliphatic heterocycles. The maximum Gasteiger partial charge on any atom is 0.258 e. The first-order valence-electron chi connectivity index (χ1n) is 5.57. The van der Waals surface area contributed by atoms with Crippen LogP contribution in [0, 0.1) is 5.92 Å². The van der Waals surface area contributed by atoms with Crippen molar-refractivity contribution in [2.24, 2.45) is 5.92 Å². The molecule has 0 aromatic heterocycles. The number of hydrogen-bond acceptors (Lipinski definition) is 1. The van der Waals surface area contributed by atoms with Crippen LogP contribution >= 0.6 is 0 Å². The van der Waals surface area contributed by atoms with Crippen molar-refractivity contribution in [3.05, 3.63) is 12.7 Å². The molecule has 1 amide bonds. The van der Waals surface area contributed by atoms with Crippen molar-refractivity contribution >= 4 is 5.91 Å². The van der Waals surface area contributed by atoms with Gasteiger partial charge in [-0.15, -0.1) is 6.58 Å². The van der Waals surface area contributed by atoms with Gasteiger partial charge in [0.25, 0.3) is 5.91 Å².